The number of thiophene rings is 1. The quantitative estimate of drug-likeness (QED) is 0.381. The van der Waals surface area contributed by atoms with Crippen molar-refractivity contribution in [1.82, 2.24) is 19.8 Å². The van der Waals surface area contributed by atoms with Gasteiger partial charge in [0.15, 0.2) is 0 Å². The van der Waals surface area contributed by atoms with Crippen molar-refractivity contribution < 1.29 is 18.4 Å². The number of H-pyrrole nitrogens is 1. The lowest BCUT2D eigenvalue weighted by atomic mass is 9.96. The van der Waals surface area contributed by atoms with Crippen LogP contribution in [-0.2, 0) is 16.1 Å². The number of nitrogens with one attached hydrogen (secondary N) is 2. The van der Waals surface area contributed by atoms with E-state index in [2.05, 4.69) is 14.9 Å². The van der Waals surface area contributed by atoms with Crippen LogP contribution in [0.2, 0.25) is 0 Å². The molecule has 35 heavy (non-hydrogen) atoms. The number of piperidine rings is 1. The molecule has 6 rings (SSSR count). The predicted molar refractivity (Wildman–Crippen MR) is 133 cm³/mol. The first-order valence-electron chi connectivity index (χ1n) is 11.7. The zero-order chi connectivity index (χ0) is 24.1. The SMILES string of the molecule is O=C1NC(=O)C(c2c[nH]c3ccsc23)=C1c1cn(CC2CCN(CC(F)F)CC2)c2ccccc12. The summed E-state index contributed by atoms with van der Waals surface area (Å²) in [6, 6.07) is 9.85. The number of fused-ring (bicyclic) bond motifs is 2. The average molecular weight is 495 g/mol. The van der Waals surface area contributed by atoms with E-state index in [1.54, 1.807) is 6.20 Å². The summed E-state index contributed by atoms with van der Waals surface area (Å²) in [6.07, 6.45) is 3.16. The number of likely N-dealkylation sites (tertiary alicyclic amines) is 1. The summed E-state index contributed by atoms with van der Waals surface area (Å²) in [5.74, 6) is -0.419. The van der Waals surface area contributed by atoms with Gasteiger partial charge in [-0.15, -0.1) is 11.3 Å². The molecule has 1 aromatic carbocycles. The summed E-state index contributed by atoms with van der Waals surface area (Å²) in [6.45, 7) is 1.90. The zero-order valence-corrected chi connectivity index (χ0v) is 19.7. The van der Waals surface area contributed by atoms with E-state index in [0.29, 0.717) is 30.2 Å². The summed E-state index contributed by atoms with van der Waals surface area (Å²) in [7, 11) is 0. The van der Waals surface area contributed by atoms with Gasteiger partial charge in [-0.25, -0.2) is 8.78 Å². The summed E-state index contributed by atoms with van der Waals surface area (Å²) in [5, 5.41) is 5.37. The van der Waals surface area contributed by atoms with Crippen LogP contribution in [0.5, 0.6) is 0 Å². The van der Waals surface area contributed by atoms with E-state index >= 15 is 0 Å². The molecule has 1 fully saturated rings. The molecular formula is C26H24F2N4O2S. The fourth-order valence-corrected chi connectivity index (χ4v) is 6.31. The first-order chi connectivity index (χ1) is 17.0. The fraction of sp³-hybridized carbons (Fsp3) is 0.308. The smallest absolute Gasteiger partial charge is 0.259 e. The first-order valence-corrected chi connectivity index (χ1v) is 12.6. The average Bonchev–Trinajstić information content (AvgIpc) is 3.58. The number of imide groups is 1. The van der Waals surface area contributed by atoms with E-state index in [0.717, 1.165) is 51.6 Å². The third-order valence-corrected chi connectivity index (χ3v) is 8.05. The molecule has 0 saturated carbocycles. The molecule has 5 heterocycles. The molecule has 0 aliphatic carbocycles. The van der Waals surface area contributed by atoms with Crippen LogP contribution in [0.1, 0.15) is 24.0 Å². The van der Waals surface area contributed by atoms with E-state index in [1.165, 1.54) is 11.3 Å². The molecule has 2 N–H and O–H groups in total. The predicted octanol–water partition coefficient (Wildman–Crippen LogP) is 4.73. The van der Waals surface area contributed by atoms with Gasteiger partial charge in [0.2, 0.25) is 0 Å². The lowest BCUT2D eigenvalue weighted by Gasteiger charge is -2.31. The number of hydrogen-bond donors (Lipinski definition) is 2. The van der Waals surface area contributed by atoms with Gasteiger partial charge in [0.1, 0.15) is 0 Å². The molecule has 4 aromatic rings. The van der Waals surface area contributed by atoms with Crippen molar-refractivity contribution in [3.63, 3.8) is 0 Å². The number of carbonyl (C=O) groups is 2. The topological polar surface area (TPSA) is 70.1 Å². The number of aromatic nitrogens is 2. The number of alkyl halides is 2. The largest absolute Gasteiger partial charge is 0.360 e. The van der Waals surface area contributed by atoms with E-state index in [1.807, 2.05) is 46.8 Å². The molecule has 0 bridgehead atoms. The van der Waals surface area contributed by atoms with Crippen LogP contribution >= 0.6 is 11.3 Å². The van der Waals surface area contributed by atoms with Crippen molar-refractivity contribution in [1.29, 1.82) is 0 Å². The van der Waals surface area contributed by atoms with Gasteiger partial charge in [0.25, 0.3) is 18.2 Å². The Balaban J connectivity index is 1.39. The molecule has 9 heteroatoms. The Bertz CT molecular complexity index is 1470. The molecule has 0 radical (unpaired) electrons. The van der Waals surface area contributed by atoms with Gasteiger partial charge in [-0.3, -0.25) is 19.8 Å². The highest BCUT2D eigenvalue weighted by Crippen LogP contribution is 2.39. The van der Waals surface area contributed by atoms with Crippen LogP contribution in [0.3, 0.4) is 0 Å². The molecule has 180 valence electrons. The van der Waals surface area contributed by atoms with Gasteiger partial charge >= 0.3 is 0 Å². The summed E-state index contributed by atoms with van der Waals surface area (Å²) in [5.41, 5.74) is 4.19. The molecule has 2 aliphatic heterocycles. The number of amides is 2. The minimum atomic E-state index is -2.30. The van der Waals surface area contributed by atoms with Crippen molar-refractivity contribution >= 4 is 55.4 Å². The van der Waals surface area contributed by atoms with Crippen LogP contribution in [0.15, 0.2) is 48.1 Å². The second kappa shape index (κ2) is 8.73. The van der Waals surface area contributed by atoms with Gasteiger partial charge in [0.05, 0.1) is 27.9 Å². The second-order valence-electron chi connectivity index (χ2n) is 9.25. The number of aromatic amines is 1. The Labute approximate surface area is 204 Å². The lowest BCUT2D eigenvalue weighted by molar-refractivity contribution is -0.122. The highest BCUT2D eigenvalue weighted by Gasteiger charge is 2.35. The van der Waals surface area contributed by atoms with Gasteiger partial charge in [-0.1, -0.05) is 18.2 Å². The van der Waals surface area contributed by atoms with E-state index in [9.17, 15) is 18.4 Å². The summed E-state index contributed by atoms with van der Waals surface area (Å²) < 4.78 is 28.6. The Hall–Kier alpha value is -3.30. The van der Waals surface area contributed by atoms with Crippen molar-refractivity contribution in [2.24, 2.45) is 5.92 Å². The summed E-state index contributed by atoms with van der Waals surface area (Å²) >= 11 is 1.53. The van der Waals surface area contributed by atoms with E-state index in [4.69, 9.17) is 0 Å². The number of nitrogens with zero attached hydrogens (tertiary/aromatic N) is 2. The lowest BCUT2D eigenvalue weighted by Crippen LogP contribution is -2.37. The van der Waals surface area contributed by atoms with Crippen LogP contribution in [-0.4, -0.2) is 52.3 Å². The molecule has 0 unspecified atom stereocenters. The monoisotopic (exact) mass is 494 g/mol. The van der Waals surface area contributed by atoms with Crippen molar-refractivity contribution in [3.05, 3.63) is 59.2 Å². The van der Waals surface area contributed by atoms with Gasteiger partial charge < -0.3 is 9.55 Å². The third-order valence-electron chi connectivity index (χ3n) is 7.10. The third kappa shape index (κ3) is 3.88. The molecule has 1 saturated heterocycles. The normalized spacial score (nSPS) is 18.0. The Morgan fingerprint density at radius 3 is 2.54 bits per heavy atom. The van der Waals surface area contributed by atoms with Crippen molar-refractivity contribution in [2.75, 3.05) is 19.6 Å². The van der Waals surface area contributed by atoms with E-state index < -0.39 is 6.43 Å². The maximum atomic E-state index is 13.1. The van der Waals surface area contributed by atoms with Crippen LogP contribution < -0.4 is 5.32 Å². The maximum Gasteiger partial charge on any atom is 0.259 e. The Kier molecular flexibility index (Phi) is 5.53. The number of hydrogen-bond acceptors (Lipinski definition) is 4. The second-order valence-corrected chi connectivity index (χ2v) is 10.2. The standard InChI is InChI=1S/C26H24F2N4O2S/c27-21(28)14-31-8-5-15(6-9-31)12-32-13-18(16-3-1-2-4-20(16)32)23-22(25(33)30-26(23)34)17-11-29-19-7-10-35-24(17)19/h1-4,7,10-11,13,15,21,29H,5-6,8-9,12,14H2,(H,30,33,34). The van der Waals surface area contributed by atoms with Gasteiger partial charge in [-0.2, -0.15) is 0 Å². The van der Waals surface area contributed by atoms with Crippen LogP contribution in [0.4, 0.5) is 8.78 Å². The minimum absolute atomic E-state index is 0.167. The Morgan fingerprint density at radius 2 is 1.77 bits per heavy atom. The highest BCUT2D eigenvalue weighted by atomic mass is 32.1. The Morgan fingerprint density at radius 1 is 1.03 bits per heavy atom. The number of para-hydroxylation sites is 1. The minimum Gasteiger partial charge on any atom is -0.360 e. The number of rotatable bonds is 6. The van der Waals surface area contributed by atoms with Crippen LogP contribution in [0.25, 0.3) is 32.3 Å². The first kappa shape index (κ1) is 22.2. The molecule has 2 amide bonds. The summed E-state index contributed by atoms with van der Waals surface area (Å²) in [4.78, 5) is 31.0. The molecule has 6 nitrogen and oxygen atoms in total. The van der Waals surface area contributed by atoms with E-state index in [-0.39, 0.29) is 18.4 Å². The molecule has 3 aromatic heterocycles. The maximum absolute atomic E-state index is 13.1. The highest BCUT2D eigenvalue weighted by molar-refractivity contribution is 7.17. The zero-order valence-electron chi connectivity index (χ0n) is 18.9. The molecular weight excluding hydrogens is 470 g/mol. The molecule has 0 atom stereocenters. The van der Waals surface area contributed by atoms with Gasteiger partial charge in [0, 0.05) is 41.0 Å². The molecule has 2 aliphatic rings. The van der Waals surface area contributed by atoms with Gasteiger partial charge in [-0.05, 0) is 49.4 Å². The van der Waals surface area contributed by atoms with Crippen molar-refractivity contribution in [3.8, 4) is 0 Å². The molecule has 0 spiro atoms. The number of benzene rings is 1. The fourth-order valence-electron chi connectivity index (χ4n) is 5.42. The number of carbonyl (C=O) groups excluding carboxylic acids is 2. The van der Waals surface area contributed by atoms with Crippen LogP contribution in [0, 0.1) is 5.92 Å². The van der Waals surface area contributed by atoms with Crippen molar-refractivity contribution in [2.45, 2.75) is 25.8 Å². The number of halogens is 2.